The smallest absolute Gasteiger partial charge is 0.252 e. The largest absolute Gasteiger partial charge is 0.346 e. The zero-order chi connectivity index (χ0) is 13.3. The molecule has 1 aliphatic rings. The van der Waals surface area contributed by atoms with E-state index >= 15 is 0 Å². The quantitative estimate of drug-likeness (QED) is 0.848. The highest BCUT2D eigenvalue weighted by molar-refractivity contribution is 9.09. The number of hydrogen-bond donors (Lipinski definition) is 1. The Bertz CT molecular complexity index is 449. The fraction of sp³-hybridized carbons (Fsp3) is 0.533. The molecule has 2 rings (SSSR count). The third-order valence-corrected chi connectivity index (χ3v) is 4.92. The molecule has 0 heterocycles. The number of nitrogens with one attached hydrogen (secondary N) is 1. The number of hydrogen-bond acceptors (Lipinski definition) is 1. The number of benzene rings is 1. The van der Waals surface area contributed by atoms with Crippen molar-refractivity contribution < 1.29 is 4.79 Å². The van der Waals surface area contributed by atoms with Crippen LogP contribution in [-0.2, 0) is 0 Å². The molecular formula is C15H20BrNO. The number of halogens is 1. The zero-order valence-corrected chi connectivity index (χ0v) is 12.9. The van der Waals surface area contributed by atoms with E-state index in [4.69, 9.17) is 0 Å². The summed E-state index contributed by atoms with van der Waals surface area (Å²) in [4.78, 5) is 12.4. The van der Waals surface area contributed by atoms with Crippen molar-refractivity contribution in [2.45, 2.75) is 45.6 Å². The summed E-state index contributed by atoms with van der Waals surface area (Å²) in [6.45, 7) is 6.08. The van der Waals surface area contributed by atoms with Crippen LogP contribution in [-0.4, -0.2) is 16.8 Å². The number of alkyl halides is 1. The maximum Gasteiger partial charge on any atom is 0.252 e. The number of carbonyl (C=O) groups is 1. The summed E-state index contributed by atoms with van der Waals surface area (Å²) >= 11 is 3.52. The molecule has 0 saturated heterocycles. The van der Waals surface area contributed by atoms with E-state index in [0.29, 0.717) is 0 Å². The third-order valence-electron chi connectivity index (χ3n) is 3.85. The molecule has 98 valence electrons. The summed E-state index contributed by atoms with van der Waals surface area (Å²) in [5.74, 6) is 0.0733. The van der Waals surface area contributed by atoms with Gasteiger partial charge in [0.05, 0.1) is 5.54 Å². The van der Waals surface area contributed by atoms with Crippen LogP contribution in [0.4, 0.5) is 0 Å². The minimum atomic E-state index is -0.0130. The van der Waals surface area contributed by atoms with Crippen LogP contribution in [0.5, 0.6) is 0 Å². The van der Waals surface area contributed by atoms with E-state index in [1.807, 2.05) is 13.8 Å². The highest BCUT2D eigenvalue weighted by Gasteiger charge is 2.37. The first-order valence-electron chi connectivity index (χ1n) is 6.44. The molecule has 1 amide bonds. The van der Waals surface area contributed by atoms with Gasteiger partial charge in [0.2, 0.25) is 0 Å². The summed E-state index contributed by atoms with van der Waals surface area (Å²) in [5, 5.41) is 4.05. The first-order valence-corrected chi connectivity index (χ1v) is 7.56. The Morgan fingerprint density at radius 3 is 2.22 bits per heavy atom. The Hall–Kier alpha value is -0.830. The van der Waals surface area contributed by atoms with Crippen LogP contribution < -0.4 is 5.32 Å². The van der Waals surface area contributed by atoms with Gasteiger partial charge in [0.1, 0.15) is 0 Å². The maximum atomic E-state index is 12.4. The van der Waals surface area contributed by atoms with Crippen LogP contribution in [0, 0.1) is 20.8 Å². The van der Waals surface area contributed by atoms with Crippen molar-refractivity contribution in [1.29, 1.82) is 0 Å². The number of amides is 1. The van der Waals surface area contributed by atoms with Crippen molar-refractivity contribution in [2.75, 3.05) is 5.33 Å². The summed E-state index contributed by atoms with van der Waals surface area (Å²) in [6.07, 6.45) is 3.36. The van der Waals surface area contributed by atoms with Crippen molar-refractivity contribution >= 4 is 21.8 Å². The van der Waals surface area contributed by atoms with Crippen molar-refractivity contribution in [3.8, 4) is 0 Å². The van der Waals surface area contributed by atoms with Crippen LogP contribution in [0.2, 0.25) is 0 Å². The van der Waals surface area contributed by atoms with Crippen molar-refractivity contribution in [1.82, 2.24) is 5.32 Å². The van der Waals surface area contributed by atoms with E-state index in [1.165, 1.54) is 12.0 Å². The van der Waals surface area contributed by atoms with Gasteiger partial charge in [0.15, 0.2) is 0 Å². The summed E-state index contributed by atoms with van der Waals surface area (Å²) in [6, 6.07) is 4.15. The number of rotatable bonds is 3. The van der Waals surface area contributed by atoms with Crippen LogP contribution in [0.3, 0.4) is 0 Å². The summed E-state index contributed by atoms with van der Waals surface area (Å²) in [7, 11) is 0. The van der Waals surface area contributed by atoms with Gasteiger partial charge in [-0.1, -0.05) is 33.6 Å². The molecule has 2 nitrogen and oxygen atoms in total. The molecule has 1 saturated carbocycles. The van der Waals surface area contributed by atoms with Gasteiger partial charge in [0.25, 0.3) is 5.91 Å². The van der Waals surface area contributed by atoms with Gasteiger partial charge < -0.3 is 5.32 Å². The molecule has 3 heteroatoms. The number of aryl methyl sites for hydroxylation is 3. The Balaban J connectivity index is 2.24. The Morgan fingerprint density at radius 1 is 1.28 bits per heavy atom. The second-order valence-corrected chi connectivity index (χ2v) is 6.06. The average Bonchev–Trinajstić information content (AvgIpc) is 2.21. The SMILES string of the molecule is Cc1cc(C)c(C(=O)NC2(CBr)CCC2)c(C)c1. The van der Waals surface area contributed by atoms with E-state index < -0.39 is 0 Å². The molecule has 1 aromatic rings. The first kappa shape index (κ1) is 13.6. The molecule has 0 atom stereocenters. The van der Waals surface area contributed by atoms with E-state index in [-0.39, 0.29) is 11.4 Å². The van der Waals surface area contributed by atoms with Gasteiger partial charge in [-0.3, -0.25) is 4.79 Å². The molecule has 0 radical (unpaired) electrons. The van der Waals surface area contributed by atoms with Crippen molar-refractivity contribution in [2.24, 2.45) is 0 Å². The average molecular weight is 310 g/mol. The van der Waals surface area contributed by atoms with Crippen molar-refractivity contribution in [3.05, 3.63) is 34.4 Å². The van der Waals surface area contributed by atoms with Gasteiger partial charge in [0, 0.05) is 10.9 Å². The molecule has 0 aliphatic heterocycles. The fourth-order valence-corrected chi connectivity index (χ4v) is 3.44. The Labute approximate surface area is 117 Å². The predicted octanol–water partition coefficient (Wildman–Crippen LogP) is 3.66. The van der Waals surface area contributed by atoms with Crippen LogP contribution in [0.15, 0.2) is 12.1 Å². The van der Waals surface area contributed by atoms with Crippen LogP contribution >= 0.6 is 15.9 Å². The van der Waals surface area contributed by atoms with E-state index in [9.17, 15) is 4.79 Å². The monoisotopic (exact) mass is 309 g/mol. The Morgan fingerprint density at radius 2 is 1.83 bits per heavy atom. The minimum Gasteiger partial charge on any atom is -0.346 e. The van der Waals surface area contributed by atoms with Crippen molar-refractivity contribution in [3.63, 3.8) is 0 Å². The summed E-state index contributed by atoms with van der Waals surface area (Å²) < 4.78 is 0. The van der Waals surface area contributed by atoms with E-state index in [1.54, 1.807) is 0 Å². The van der Waals surface area contributed by atoms with Gasteiger partial charge in [-0.25, -0.2) is 0 Å². The number of carbonyl (C=O) groups excluding carboxylic acids is 1. The molecule has 0 bridgehead atoms. The van der Waals surface area contributed by atoms with Gasteiger partial charge in [-0.2, -0.15) is 0 Å². The molecule has 1 aliphatic carbocycles. The highest BCUT2D eigenvalue weighted by atomic mass is 79.9. The lowest BCUT2D eigenvalue weighted by molar-refractivity contribution is 0.0855. The molecular weight excluding hydrogens is 290 g/mol. The minimum absolute atomic E-state index is 0.0130. The third kappa shape index (κ3) is 2.46. The predicted molar refractivity (Wildman–Crippen MR) is 78.5 cm³/mol. The van der Waals surface area contributed by atoms with E-state index in [0.717, 1.165) is 34.9 Å². The maximum absolute atomic E-state index is 12.4. The standard InChI is InChI=1S/C15H20BrNO/c1-10-7-11(2)13(12(3)8-10)14(18)17-15(9-16)5-4-6-15/h7-8H,4-6,9H2,1-3H3,(H,17,18). The molecule has 1 fully saturated rings. The lowest BCUT2D eigenvalue weighted by Gasteiger charge is -2.41. The highest BCUT2D eigenvalue weighted by Crippen LogP contribution is 2.34. The molecule has 0 unspecified atom stereocenters. The van der Waals surface area contributed by atoms with Crippen LogP contribution in [0.25, 0.3) is 0 Å². The normalized spacial score (nSPS) is 17.1. The van der Waals surface area contributed by atoms with Gasteiger partial charge >= 0.3 is 0 Å². The van der Waals surface area contributed by atoms with Crippen LogP contribution in [0.1, 0.15) is 46.3 Å². The molecule has 18 heavy (non-hydrogen) atoms. The van der Waals surface area contributed by atoms with Gasteiger partial charge in [-0.05, 0) is 51.2 Å². The lowest BCUT2D eigenvalue weighted by Crippen LogP contribution is -2.55. The van der Waals surface area contributed by atoms with E-state index in [2.05, 4.69) is 40.3 Å². The second kappa shape index (κ2) is 5.04. The molecule has 1 aromatic carbocycles. The molecule has 1 N–H and O–H groups in total. The topological polar surface area (TPSA) is 29.1 Å². The molecule has 0 spiro atoms. The fourth-order valence-electron chi connectivity index (χ4n) is 2.74. The second-order valence-electron chi connectivity index (χ2n) is 5.50. The molecule has 0 aromatic heterocycles. The lowest BCUT2D eigenvalue weighted by atomic mass is 9.78. The first-order chi connectivity index (χ1) is 8.47. The zero-order valence-electron chi connectivity index (χ0n) is 11.3. The van der Waals surface area contributed by atoms with Gasteiger partial charge in [-0.15, -0.1) is 0 Å². The summed E-state index contributed by atoms with van der Waals surface area (Å²) in [5.41, 5.74) is 4.16. The Kier molecular flexibility index (Phi) is 3.81.